The number of hydrogen-bond acceptors (Lipinski definition) is 4. The Hall–Kier alpha value is -2.41. The van der Waals surface area contributed by atoms with E-state index >= 15 is 0 Å². The number of carbonyl (C=O) groups is 3. The Kier molecular flexibility index (Phi) is 6.90. The van der Waals surface area contributed by atoms with Gasteiger partial charge in [0.2, 0.25) is 11.8 Å². The third-order valence-corrected chi connectivity index (χ3v) is 2.61. The fraction of sp³-hybridized carbons (Fsp3) is 0.357. The summed E-state index contributed by atoms with van der Waals surface area (Å²) in [7, 11) is 0. The molecule has 0 aliphatic carbocycles. The molecule has 0 saturated carbocycles. The van der Waals surface area contributed by atoms with Crippen LogP contribution in [-0.2, 0) is 9.59 Å². The van der Waals surface area contributed by atoms with Crippen LogP contribution in [0.15, 0.2) is 24.3 Å². The van der Waals surface area contributed by atoms with Crippen molar-refractivity contribution in [2.75, 3.05) is 25.0 Å². The number of nitrogens with one attached hydrogen (secondary N) is 3. The van der Waals surface area contributed by atoms with Crippen LogP contribution in [0, 0.1) is 0 Å². The lowest BCUT2D eigenvalue weighted by Gasteiger charge is -2.11. The molecule has 3 amide bonds. The summed E-state index contributed by atoms with van der Waals surface area (Å²) in [4.78, 5) is 34.7. The van der Waals surface area contributed by atoms with Crippen molar-refractivity contribution >= 4 is 23.4 Å². The maximum atomic E-state index is 12.0. The van der Waals surface area contributed by atoms with Crippen molar-refractivity contribution in [3.05, 3.63) is 29.8 Å². The van der Waals surface area contributed by atoms with E-state index in [1.165, 1.54) is 0 Å². The number of benzene rings is 1. The highest BCUT2D eigenvalue weighted by Crippen LogP contribution is 2.14. The van der Waals surface area contributed by atoms with E-state index in [0.717, 1.165) is 6.42 Å². The molecule has 0 unspecified atom stereocenters. The number of anilines is 1. The van der Waals surface area contributed by atoms with E-state index in [1.807, 2.05) is 6.92 Å². The fourth-order valence-corrected chi connectivity index (χ4v) is 1.57. The van der Waals surface area contributed by atoms with E-state index < -0.39 is 11.8 Å². The Morgan fingerprint density at radius 3 is 2.48 bits per heavy atom. The number of para-hydroxylation sites is 1. The van der Waals surface area contributed by atoms with Gasteiger partial charge in [-0.2, -0.15) is 0 Å². The molecule has 0 aliphatic rings. The molecule has 0 aliphatic heterocycles. The quantitative estimate of drug-likeness (QED) is 0.559. The third-order valence-electron chi connectivity index (χ3n) is 2.61. The van der Waals surface area contributed by atoms with Gasteiger partial charge < -0.3 is 21.7 Å². The second-order valence-corrected chi connectivity index (χ2v) is 4.33. The van der Waals surface area contributed by atoms with Crippen LogP contribution < -0.4 is 21.7 Å². The summed E-state index contributed by atoms with van der Waals surface area (Å²) in [6.07, 6.45) is 0.825. The molecule has 114 valence electrons. The third kappa shape index (κ3) is 5.62. The van der Waals surface area contributed by atoms with Crippen molar-refractivity contribution in [2.45, 2.75) is 13.3 Å². The fourth-order valence-electron chi connectivity index (χ4n) is 1.57. The highest BCUT2D eigenvalue weighted by atomic mass is 16.2. The molecule has 0 atom stereocenters. The molecular weight excluding hydrogens is 272 g/mol. The van der Waals surface area contributed by atoms with Gasteiger partial charge in [-0.05, 0) is 18.6 Å². The van der Waals surface area contributed by atoms with E-state index in [0.29, 0.717) is 17.8 Å². The lowest BCUT2D eigenvalue weighted by Crippen LogP contribution is -2.37. The van der Waals surface area contributed by atoms with E-state index in [1.54, 1.807) is 24.3 Å². The molecule has 0 fully saturated rings. The molecule has 7 nitrogen and oxygen atoms in total. The minimum Gasteiger partial charge on any atom is -0.352 e. The summed E-state index contributed by atoms with van der Waals surface area (Å²) in [6.45, 7) is 2.14. The molecule has 0 aromatic heterocycles. The van der Waals surface area contributed by atoms with Gasteiger partial charge in [0, 0.05) is 6.54 Å². The van der Waals surface area contributed by atoms with Gasteiger partial charge >= 0.3 is 0 Å². The SMILES string of the molecule is CCCNC(=O)c1ccccc1NC(=O)CNC(=O)CN. The van der Waals surface area contributed by atoms with Crippen molar-refractivity contribution in [1.82, 2.24) is 10.6 Å². The summed E-state index contributed by atoms with van der Waals surface area (Å²) in [6, 6.07) is 6.68. The Morgan fingerprint density at radius 1 is 1.10 bits per heavy atom. The van der Waals surface area contributed by atoms with Crippen LogP contribution in [0.2, 0.25) is 0 Å². The Bertz CT molecular complexity index is 517. The van der Waals surface area contributed by atoms with E-state index in [9.17, 15) is 14.4 Å². The Balaban J connectivity index is 2.68. The van der Waals surface area contributed by atoms with Crippen molar-refractivity contribution in [2.24, 2.45) is 5.73 Å². The van der Waals surface area contributed by atoms with Gasteiger partial charge in [0.1, 0.15) is 0 Å². The minimum absolute atomic E-state index is 0.177. The second-order valence-electron chi connectivity index (χ2n) is 4.33. The van der Waals surface area contributed by atoms with Gasteiger partial charge in [-0.25, -0.2) is 0 Å². The second kappa shape index (κ2) is 8.70. The zero-order valence-corrected chi connectivity index (χ0v) is 11.9. The molecule has 1 aromatic rings. The first-order chi connectivity index (χ1) is 10.1. The van der Waals surface area contributed by atoms with Gasteiger partial charge in [0.25, 0.3) is 5.91 Å². The maximum Gasteiger partial charge on any atom is 0.253 e. The van der Waals surface area contributed by atoms with Crippen LogP contribution in [0.1, 0.15) is 23.7 Å². The molecule has 0 spiro atoms. The lowest BCUT2D eigenvalue weighted by molar-refractivity contribution is -0.123. The molecule has 7 heteroatoms. The van der Waals surface area contributed by atoms with Gasteiger partial charge in [0.15, 0.2) is 0 Å². The summed E-state index contributed by atoms with van der Waals surface area (Å²) in [5, 5.41) is 7.70. The van der Waals surface area contributed by atoms with Crippen LogP contribution in [0.5, 0.6) is 0 Å². The first kappa shape index (κ1) is 16.6. The zero-order valence-electron chi connectivity index (χ0n) is 11.9. The van der Waals surface area contributed by atoms with Crippen LogP contribution in [0.3, 0.4) is 0 Å². The van der Waals surface area contributed by atoms with E-state index in [2.05, 4.69) is 16.0 Å². The summed E-state index contributed by atoms with van der Waals surface area (Å²) >= 11 is 0. The predicted molar refractivity (Wildman–Crippen MR) is 79.8 cm³/mol. The molecule has 0 saturated heterocycles. The number of amides is 3. The summed E-state index contributed by atoms with van der Waals surface area (Å²) in [5.74, 6) is -1.09. The topological polar surface area (TPSA) is 113 Å². The monoisotopic (exact) mass is 292 g/mol. The number of nitrogens with two attached hydrogens (primary N) is 1. The van der Waals surface area contributed by atoms with Crippen LogP contribution in [-0.4, -0.2) is 37.4 Å². The van der Waals surface area contributed by atoms with Crippen LogP contribution in [0.4, 0.5) is 5.69 Å². The highest BCUT2D eigenvalue weighted by molar-refractivity contribution is 6.04. The van der Waals surface area contributed by atoms with E-state index in [-0.39, 0.29) is 19.0 Å². The largest absolute Gasteiger partial charge is 0.352 e. The smallest absolute Gasteiger partial charge is 0.253 e. The molecular formula is C14H20N4O3. The van der Waals surface area contributed by atoms with Crippen molar-refractivity contribution in [1.29, 1.82) is 0 Å². The summed E-state index contributed by atoms with van der Waals surface area (Å²) in [5.41, 5.74) is 5.90. The first-order valence-corrected chi connectivity index (χ1v) is 6.72. The highest BCUT2D eigenvalue weighted by Gasteiger charge is 2.12. The molecule has 0 bridgehead atoms. The maximum absolute atomic E-state index is 12.0. The van der Waals surface area contributed by atoms with Gasteiger partial charge in [0.05, 0.1) is 24.3 Å². The van der Waals surface area contributed by atoms with Gasteiger partial charge in [-0.3, -0.25) is 14.4 Å². The number of hydrogen-bond donors (Lipinski definition) is 4. The zero-order chi connectivity index (χ0) is 15.7. The van der Waals surface area contributed by atoms with Gasteiger partial charge in [-0.15, -0.1) is 0 Å². The first-order valence-electron chi connectivity index (χ1n) is 6.72. The molecule has 21 heavy (non-hydrogen) atoms. The molecule has 5 N–H and O–H groups in total. The van der Waals surface area contributed by atoms with Crippen molar-refractivity contribution in [3.8, 4) is 0 Å². The van der Waals surface area contributed by atoms with Crippen molar-refractivity contribution < 1.29 is 14.4 Å². The summed E-state index contributed by atoms with van der Waals surface area (Å²) < 4.78 is 0. The van der Waals surface area contributed by atoms with Crippen molar-refractivity contribution in [3.63, 3.8) is 0 Å². The molecule has 1 rings (SSSR count). The van der Waals surface area contributed by atoms with Gasteiger partial charge in [-0.1, -0.05) is 19.1 Å². The average Bonchev–Trinajstić information content (AvgIpc) is 2.50. The number of carbonyl (C=O) groups excluding carboxylic acids is 3. The standard InChI is InChI=1S/C14H20N4O3/c1-2-7-16-14(21)10-5-3-4-6-11(10)18-13(20)9-17-12(19)8-15/h3-6H,2,7-9,15H2,1H3,(H,16,21)(H,17,19)(H,18,20). The normalized spacial score (nSPS) is 9.81. The minimum atomic E-state index is -0.424. The molecule has 0 radical (unpaired) electrons. The van der Waals surface area contributed by atoms with E-state index in [4.69, 9.17) is 5.73 Å². The lowest BCUT2D eigenvalue weighted by atomic mass is 10.1. The average molecular weight is 292 g/mol. The Morgan fingerprint density at radius 2 is 1.81 bits per heavy atom. The molecule has 0 heterocycles. The molecule has 1 aromatic carbocycles. The Labute approximate surface area is 123 Å². The van der Waals surface area contributed by atoms with Crippen LogP contribution in [0.25, 0.3) is 0 Å². The predicted octanol–water partition coefficient (Wildman–Crippen LogP) is -0.160. The number of rotatable bonds is 7. The van der Waals surface area contributed by atoms with Crippen LogP contribution >= 0.6 is 0 Å².